The lowest BCUT2D eigenvalue weighted by molar-refractivity contribution is -0.274. The van der Waals surface area contributed by atoms with Crippen LogP contribution < -0.4 is 15.4 Å². The number of nitrogens with zero attached hydrogens (tertiary/aromatic N) is 2. The first-order valence-electron chi connectivity index (χ1n) is 9.25. The van der Waals surface area contributed by atoms with Crippen LogP contribution in [-0.2, 0) is 0 Å². The molecule has 3 rings (SSSR count). The van der Waals surface area contributed by atoms with Crippen molar-refractivity contribution in [1.82, 2.24) is 9.97 Å². The Labute approximate surface area is 179 Å². The van der Waals surface area contributed by atoms with Gasteiger partial charge in [0.15, 0.2) is 11.6 Å². The number of benzene rings is 2. The van der Waals surface area contributed by atoms with Gasteiger partial charge in [-0.2, -0.15) is 4.98 Å². The molecule has 0 atom stereocenters. The molecule has 1 heterocycles. The fourth-order valence-corrected chi connectivity index (χ4v) is 2.67. The van der Waals surface area contributed by atoms with Crippen LogP contribution in [0.25, 0.3) is 11.3 Å². The Morgan fingerprint density at radius 2 is 1.56 bits per heavy atom. The van der Waals surface area contributed by atoms with E-state index in [1.165, 1.54) is 18.2 Å². The quantitative estimate of drug-likeness (QED) is 0.343. The molecule has 0 saturated heterocycles. The molecule has 0 fully saturated rings. The van der Waals surface area contributed by atoms with E-state index < -0.39 is 40.8 Å². The summed E-state index contributed by atoms with van der Waals surface area (Å²) < 4.78 is 83.4. The van der Waals surface area contributed by atoms with Gasteiger partial charge in [-0.25, -0.2) is 18.2 Å². The van der Waals surface area contributed by atoms with Crippen molar-refractivity contribution in [2.45, 2.75) is 32.7 Å². The molecule has 170 valence electrons. The fourth-order valence-electron chi connectivity index (χ4n) is 2.67. The lowest BCUT2D eigenvalue weighted by atomic mass is 10.1. The first-order chi connectivity index (χ1) is 14.8. The second-order valence-electron chi connectivity index (χ2n) is 7.76. The van der Waals surface area contributed by atoms with Crippen LogP contribution >= 0.6 is 0 Å². The number of ether oxygens (including phenoxy) is 1. The van der Waals surface area contributed by atoms with Crippen LogP contribution in [0.1, 0.15) is 20.8 Å². The van der Waals surface area contributed by atoms with Crippen molar-refractivity contribution < 1.29 is 31.1 Å². The number of anilines is 3. The lowest BCUT2D eigenvalue weighted by Gasteiger charge is -2.21. The summed E-state index contributed by atoms with van der Waals surface area (Å²) in [6.45, 7) is 5.42. The van der Waals surface area contributed by atoms with Crippen molar-refractivity contribution in [2.24, 2.45) is 0 Å². The lowest BCUT2D eigenvalue weighted by Crippen LogP contribution is -2.27. The summed E-state index contributed by atoms with van der Waals surface area (Å²) in [6.07, 6.45) is -4.89. The van der Waals surface area contributed by atoms with Crippen LogP contribution in [0, 0.1) is 17.5 Å². The first kappa shape index (κ1) is 23.2. The van der Waals surface area contributed by atoms with Crippen molar-refractivity contribution in [3.05, 3.63) is 59.9 Å². The molecule has 0 amide bonds. The van der Waals surface area contributed by atoms with Crippen molar-refractivity contribution in [3.8, 4) is 17.0 Å². The molecule has 5 nitrogen and oxygen atoms in total. The Bertz CT molecular complexity index is 1130. The molecular weight excluding hydrogens is 438 g/mol. The highest BCUT2D eigenvalue weighted by atomic mass is 19.4. The van der Waals surface area contributed by atoms with E-state index in [1.807, 2.05) is 0 Å². The monoisotopic (exact) mass is 456 g/mol. The van der Waals surface area contributed by atoms with Gasteiger partial charge in [0, 0.05) is 17.2 Å². The normalized spacial score (nSPS) is 11.9. The number of nitrogens with one attached hydrogen (secondary N) is 2. The fraction of sp³-hybridized carbons (Fsp3) is 0.238. The maximum atomic E-state index is 14.1. The number of rotatable bonds is 5. The zero-order valence-electron chi connectivity index (χ0n) is 17.1. The average Bonchev–Trinajstić information content (AvgIpc) is 2.66. The third-order valence-electron chi connectivity index (χ3n) is 3.87. The molecule has 0 radical (unpaired) electrons. The molecule has 32 heavy (non-hydrogen) atoms. The van der Waals surface area contributed by atoms with Crippen LogP contribution in [0.15, 0.2) is 42.5 Å². The summed E-state index contributed by atoms with van der Waals surface area (Å²) in [5.41, 5.74) is -0.953. The third kappa shape index (κ3) is 6.02. The van der Waals surface area contributed by atoms with E-state index >= 15 is 0 Å². The molecule has 0 aliphatic rings. The zero-order valence-corrected chi connectivity index (χ0v) is 17.1. The Balaban J connectivity index is 2.07. The first-order valence-corrected chi connectivity index (χ1v) is 9.25. The summed E-state index contributed by atoms with van der Waals surface area (Å²) in [4.78, 5) is 8.40. The summed E-state index contributed by atoms with van der Waals surface area (Å²) in [5.74, 6) is -4.35. The molecule has 2 N–H and O–H groups in total. The highest BCUT2D eigenvalue weighted by Crippen LogP contribution is 2.31. The molecule has 0 unspecified atom stereocenters. The molecule has 0 spiro atoms. The molecule has 0 saturated carbocycles. The van der Waals surface area contributed by atoms with Gasteiger partial charge in [-0.1, -0.05) is 12.1 Å². The van der Waals surface area contributed by atoms with E-state index in [0.29, 0.717) is 6.07 Å². The molecule has 3 aromatic rings. The van der Waals surface area contributed by atoms with Crippen molar-refractivity contribution in [2.75, 3.05) is 10.6 Å². The van der Waals surface area contributed by atoms with Crippen molar-refractivity contribution in [1.29, 1.82) is 0 Å². The van der Waals surface area contributed by atoms with Gasteiger partial charge in [0.05, 0.1) is 5.69 Å². The highest BCUT2D eigenvalue weighted by molar-refractivity contribution is 5.69. The topological polar surface area (TPSA) is 59.1 Å². The predicted molar refractivity (Wildman–Crippen MR) is 107 cm³/mol. The van der Waals surface area contributed by atoms with Gasteiger partial charge in [-0.15, -0.1) is 13.2 Å². The summed E-state index contributed by atoms with van der Waals surface area (Å²) >= 11 is 0. The molecule has 0 aliphatic heterocycles. The van der Waals surface area contributed by atoms with E-state index in [9.17, 15) is 26.3 Å². The number of hydrogen-bond donors (Lipinski definition) is 2. The number of halogens is 6. The Kier molecular flexibility index (Phi) is 6.20. The Morgan fingerprint density at radius 3 is 2.22 bits per heavy atom. The van der Waals surface area contributed by atoms with Crippen LogP contribution in [0.2, 0.25) is 0 Å². The van der Waals surface area contributed by atoms with Crippen LogP contribution in [0.3, 0.4) is 0 Å². The molecule has 0 aliphatic carbocycles. The van der Waals surface area contributed by atoms with Gasteiger partial charge in [0.2, 0.25) is 5.95 Å². The van der Waals surface area contributed by atoms with Gasteiger partial charge >= 0.3 is 6.36 Å². The Morgan fingerprint density at radius 1 is 0.875 bits per heavy atom. The summed E-state index contributed by atoms with van der Waals surface area (Å²) in [5, 5.41) is 5.35. The summed E-state index contributed by atoms with van der Waals surface area (Å²) in [6, 6.07) is 7.65. The second-order valence-corrected chi connectivity index (χ2v) is 7.76. The zero-order chi connectivity index (χ0) is 23.7. The number of alkyl halides is 3. The smallest absolute Gasteiger partial charge is 0.406 e. The summed E-state index contributed by atoms with van der Waals surface area (Å²) in [7, 11) is 0. The van der Waals surface area contributed by atoms with E-state index in [4.69, 9.17) is 0 Å². The van der Waals surface area contributed by atoms with Crippen LogP contribution in [-0.4, -0.2) is 21.9 Å². The maximum Gasteiger partial charge on any atom is 0.573 e. The standard InChI is InChI=1S/C21H18F6N4O/c1-20(2,3)31-19-28-15(11-5-4-6-12(9-11)32-21(25,26)27)10-16(30-19)29-18-14(23)8-7-13(22)17(18)24/h4-10H,1-3H3,(H2,28,29,30,31). The van der Waals surface area contributed by atoms with E-state index in [0.717, 1.165) is 18.2 Å². The SMILES string of the molecule is CC(C)(C)Nc1nc(Nc2c(F)ccc(F)c2F)cc(-c2cccc(OC(F)(F)F)c2)n1. The molecule has 0 bridgehead atoms. The van der Waals surface area contributed by atoms with Crippen LogP contribution in [0.4, 0.5) is 43.8 Å². The largest absolute Gasteiger partial charge is 0.573 e. The van der Waals surface area contributed by atoms with Crippen LogP contribution in [0.5, 0.6) is 5.75 Å². The minimum absolute atomic E-state index is 0.0249. The highest BCUT2D eigenvalue weighted by Gasteiger charge is 2.31. The van der Waals surface area contributed by atoms with Gasteiger partial charge < -0.3 is 15.4 Å². The minimum atomic E-state index is -4.89. The molecule has 11 heteroatoms. The Hall–Kier alpha value is -3.50. The maximum absolute atomic E-state index is 14.1. The van der Waals surface area contributed by atoms with Gasteiger partial charge in [0.25, 0.3) is 0 Å². The van der Waals surface area contributed by atoms with Gasteiger partial charge in [-0.3, -0.25) is 0 Å². The second kappa shape index (κ2) is 8.56. The van der Waals surface area contributed by atoms with Crippen molar-refractivity contribution in [3.63, 3.8) is 0 Å². The minimum Gasteiger partial charge on any atom is -0.406 e. The third-order valence-corrected chi connectivity index (χ3v) is 3.87. The van der Waals surface area contributed by atoms with E-state index in [2.05, 4.69) is 25.3 Å². The molecule has 1 aromatic heterocycles. The average molecular weight is 456 g/mol. The molecular formula is C21H18F6N4O. The predicted octanol–water partition coefficient (Wildman–Crippen LogP) is 6.41. The van der Waals surface area contributed by atoms with Gasteiger partial charge in [-0.05, 0) is 45.0 Å². The van der Waals surface area contributed by atoms with Crippen molar-refractivity contribution >= 4 is 17.5 Å². The van der Waals surface area contributed by atoms with Gasteiger partial charge in [0.1, 0.15) is 23.1 Å². The van der Waals surface area contributed by atoms with E-state index in [-0.39, 0.29) is 23.0 Å². The molecule has 2 aromatic carbocycles. The van der Waals surface area contributed by atoms with E-state index in [1.54, 1.807) is 20.8 Å². The number of hydrogen-bond acceptors (Lipinski definition) is 5. The number of aromatic nitrogens is 2.